The molecule has 2 aliphatic rings. The molecule has 2 aliphatic heterocycles. The number of aromatic nitrogens is 3. The molecule has 25 heavy (non-hydrogen) atoms. The summed E-state index contributed by atoms with van der Waals surface area (Å²) in [6.45, 7) is 6.41. The van der Waals surface area contributed by atoms with Crippen molar-refractivity contribution in [2.45, 2.75) is 25.3 Å². The van der Waals surface area contributed by atoms with E-state index in [-0.39, 0.29) is 0 Å². The normalized spacial score (nSPS) is 19.9. The molecule has 0 bridgehead atoms. The minimum Gasteiger partial charge on any atom is -0.378 e. The first-order valence-corrected chi connectivity index (χ1v) is 9.15. The van der Waals surface area contributed by atoms with E-state index >= 15 is 0 Å². The Labute approximate surface area is 148 Å². The van der Waals surface area contributed by atoms with E-state index < -0.39 is 0 Å². The summed E-state index contributed by atoms with van der Waals surface area (Å²) in [5.74, 6) is 1.50. The van der Waals surface area contributed by atoms with Gasteiger partial charge in [0.05, 0.1) is 18.9 Å². The van der Waals surface area contributed by atoms with Crippen LogP contribution in [0.3, 0.4) is 0 Å². The van der Waals surface area contributed by atoms with Crippen molar-refractivity contribution < 1.29 is 4.74 Å². The van der Waals surface area contributed by atoms with Gasteiger partial charge in [0.2, 0.25) is 5.95 Å². The summed E-state index contributed by atoms with van der Waals surface area (Å²) in [4.78, 5) is 18.1. The lowest BCUT2D eigenvalue weighted by atomic mass is 9.90. The zero-order valence-electron chi connectivity index (χ0n) is 14.5. The number of morpholine rings is 1. The van der Waals surface area contributed by atoms with E-state index in [1.165, 1.54) is 18.4 Å². The maximum absolute atomic E-state index is 5.41. The Hall–Kier alpha value is -2.05. The number of hydrogen-bond donors (Lipinski definition) is 0. The van der Waals surface area contributed by atoms with Crippen molar-refractivity contribution in [1.29, 1.82) is 0 Å². The Morgan fingerprint density at radius 2 is 1.72 bits per heavy atom. The molecule has 0 atom stereocenters. The Balaban J connectivity index is 1.34. The molecule has 2 fully saturated rings. The number of rotatable bonds is 4. The number of ether oxygens (including phenoxy) is 1. The van der Waals surface area contributed by atoms with Crippen molar-refractivity contribution in [2.24, 2.45) is 0 Å². The first kappa shape index (κ1) is 16.4. The fourth-order valence-corrected chi connectivity index (χ4v) is 3.68. The SMILES string of the molecule is c1cc(C2CCN(Cc3ccnc(N4CCOCC4)n3)CC2)ccn1. The highest BCUT2D eigenvalue weighted by molar-refractivity contribution is 5.30. The van der Waals surface area contributed by atoms with Gasteiger partial charge in [-0.05, 0) is 55.6 Å². The van der Waals surface area contributed by atoms with Crippen molar-refractivity contribution in [2.75, 3.05) is 44.3 Å². The van der Waals surface area contributed by atoms with Gasteiger partial charge in [-0.15, -0.1) is 0 Å². The second kappa shape index (κ2) is 7.89. The zero-order valence-corrected chi connectivity index (χ0v) is 14.5. The molecule has 2 saturated heterocycles. The van der Waals surface area contributed by atoms with Gasteiger partial charge in [0, 0.05) is 38.2 Å². The predicted molar refractivity (Wildman–Crippen MR) is 96.6 cm³/mol. The Bertz CT molecular complexity index is 667. The summed E-state index contributed by atoms with van der Waals surface area (Å²) in [5, 5.41) is 0. The number of anilines is 1. The van der Waals surface area contributed by atoms with Crippen LogP contribution in [-0.2, 0) is 11.3 Å². The summed E-state index contributed by atoms with van der Waals surface area (Å²) in [7, 11) is 0. The summed E-state index contributed by atoms with van der Waals surface area (Å²) in [6.07, 6.45) is 8.08. The van der Waals surface area contributed by atoms with Gasteiger partial charge in [-0.25, -0.2) is 9.97 Å². The standard InChI is InChI=1S/C19H25N5O/c1-6-20-7-2-16(1)17-4-9-23(10-5-17)15-18-3-8-21-19(22-18)24-11-13-25-14-12-24/h1-3,6-8,17H,4-5,9-15H2. The van der Waals surface area contributed by atoms with Crippen LogP contribution < -0.4 is 4.90 Å². The lowest BCUT2D eigenvalue weighted by Gasteiger charge is -2.32. The molecule has 2 aromatic rings. The molecule has 0 aromatic carbocycles. The fourth-order valence-electron chi connectivity index (χ4n) is 3.68. The van der Waals surface area contributed by atoms with Gasteiger partial charge in [-0.2, -0.15) is 0 Å². The molecule has 4 heterocycles. The van der Waals surface area contributed by atoms with E-state index in [1.54, 1.807) is 0 Å². The first-order valence-electron chi connectivity index (χ1n) is 9.15. The molecule has 0 spiro atoms. The number of piperidine rings is 1. The van der Waals surface area contributed by atoms with Gasteiger partial charge in [-0.1, -0.05) is 0 Å². The van der Waals surface area contributed by atoms with Gasteiger partial charge < -0.3 is 9.64 Å². The van der Waals surface area contributed by atoms with Crippen LogP contribution in [0.1, 0.15) is 30.0 Å². The Morgan fingerprint density at radius 1 is 0.960 bits per heavy atom. The summed E-state index contributed by atoms with van der Waals surface area (Å²) in [5.41, 5.74) is 2.53. The Morgan fingerprint density at radius 3 is 2.48 bits per heavy atom. The van der Waals surface area contributed by atoms with Crippen LogP contribution in [0.4, 0.5) is 5.95 Å². The fraction of sp³-hybridized carbons (Fsp3) is 0.526. The van der Waals surface area contributed by atoms with Gasteiger partial charge in [-0.3, -0.25) is 9.88 Å². The average molecular weight is 339 g/mol. The number of likely N-dealkylation sites (tertiary alicyclic amines) is 1. The van der Waals surface area contributed by atoms with Gasteiger partial charge >= 0.3 is 0 Å². The molecule has 0 N–H and O–H groups in total. The number of nitrogens with zero attached hydrogens (tertiary/aromatic N) is 5. The van der Waals surface area contributed by atoms with Crippen molar-refractivity contribution in [3.8, 4) is 0 Å². The van der Waals surface area contributed by atoms with Gasteiger partial charge in [0.1, 0.15) is 0 Å². The second-order valence-electron chi connectivity index (χ2n) is 6.78. The third-order valence-electron chi connectivity index (χ3n) is 5.15. The maximum atomic E-state index is 5.41. The second-order valence-corrected chi connectivity index (χ2v) is 6.78. The predicted octanol–water partition coefficient (Wildman–Crippen LogP) is 2.09. The van der Waals surface area contributed by atoms with Gasteiger partial charge in [0.25, 0.3) is 0 Å². The number of pyridine rings is 1. The van der Waals surface area contributed by atoms with Crippen molar-refractivity contribution in [1.82, 2.24) is 19.9 Å². The first-order chi connectivity index (χ1) is 12.4. The monoisotopic (exact) mass is 339 g/mol. The van der Waals surface area contributed by atoms with E-state index in [2.05, 4.69) is 31.9 Å². The van der Waals surface area contributed by atoms with Crippen LogP contribution in [0.5, 0.6) is 0 Å². The molecule has 0 saturated carbocycles. The molecule has 6 nitrogen and oxygen atoms in total. The van der Waals surface area contributed by atoms with Crippen molar-refractivity contribution in [3.63, 3.8) is 0 Å². The molecule has 0 radical (unpaired) electrons. The quantitative estimate of drug-likeness (QED) is 0.850. The highest BCUT2D eigenvalue weighted by Crippen LogP contribution is 2.28. The largest absolute Gasteiger partial charge is 0.378 e. The molecular weight excluding hydrogens is 314 g/mol. The molecule has 4 rings (SSSR count). The molecule has 0 amide bonds. The highest BCUT2D eigenvalue weighted by Gasteiger charge is 2.21. The van der Waals surface area contributed by atoms with E-state index in [4.69, 9.17) is 9.72 Å². The van der Waals surface area contributed by atoms with Crippen LogP contribution in [0.25, 0.3) is 0 Å². The zero-order chi connectivity index (χ0) is 16.9. The topological polar surface area (TPSA) is 54.4 Å². The third-order valence-corrected chi connectivity index (χ3v) is 5.15. The van der Waals surface area contributed by atoms with Crippen molar-refractivity contribution >= 4 is 5.95 Å². The molecule has 132 valence electrons. The summed E-state index contributed by atoms with van der Waals surface area (Å²) < 4.78 is 5.41. The van der Waals surface area contributed by atoms with Crippen LogP contribution in [0.15, 0.2) is 36.8 Å². The molecular formula is C19H25N5O. The van der Waals surface area contributed by atoms with E-state index in [1.807, 2.05) is 24.7 Å². The van der Waals surface area contributed by atoms with E-state index in [9.17, 15) is 0 Å². The molecule has 2 aromatic heterocycles. The number of hydrogen-bond acceptors (Lipinski definition) is 6. The van der Waals surface area contributed by atoms with Crippen LogP contribution in [0.2, 0.25) is 0 Å². The minimum absolute atomic E-state index is 0.661. The smallest absolute Gasteiger partial charge is 0.225 e. The molecule has 6 heteroatoms. The molecule has 0 unspecified atom stereocenters. The lowest BCUT2D eigenvalue weighted by Crippen LogP contribution is -2.37. The van der Waals surface area contributed by atoms with Crippen LogP contribution in [-0.4, -0.2) is 59.2 Å². The highest BCUT2D eigenvalue weighted by atomic mass is 16.5. The summed E-state index contributed by atoms with van der Waals surface area (Å²) in [6, 6.07) is 6.34. The van der Waals surface area contributed by atoms with Crippen LogP contribution in [0, 0.1) is 0 Å². The summed E-state index contributed by atoms with van der Waals surface area (Å²) >= 11 is 0. The van der Waals surface area contributed by atoms with Gasteiger partial charge in [0.15, 0.2) is 0 Å². The lowest BCUT2D eigenvalue weighted by molar-refractivity contribution is 0.122. The minimum atomic E-state index is 0.661. The Kier molecular flexibility index (Phi) is 5.18. The van der Waals surface area contributed by atoms with Crippen LogP contribution >= 0.6 is 0 Å². The third kappa shape index (κ3) is 4.14. The van der Waals surface area contributed by atoms with Crippen molar-refractivity contribution in [3.05, 3.63) is 48.0 Å². The van der Waals surface area contributed by atoms with E-state index in [0.717, 1.165) is 57.6 Å². The van der Waals surface area contributed by atoms with E-state index in [0.29, 0.717) is 5.92 Å². The average Bonchev–Trinajstić information content (AvgIpc) is 2.70. The molecule has 0 aliphatic carbocycles. The maximum Gasteiger partial charge on any atom is 0.225 e.